The lowest BCUT2D eigenvalue weighted by Gasteiger charge is -1.90. The van der Waals surface area contributed by atoms with E-state index in [2.05, 4.69) is 4.98 Å². The van der Waals surface area contributed by atoms with Gasteiger partial charge >= 0.3 is 0 Å². The Kier molecular flexibility index (Phi) is 1.71. The van der Waals surface area contributed by atoms with Crippen molar-refractivity contribution in [2.24, 2.45) is 0 Å². The summed E-state index contributed by atoms with van der Waals surface area (Å²) in [4.78, 5) is 12.9. The Balaban J connectivity index is 3.21. The van der Waals surface area contributed by atoms with E-state index < -0.39 is 17.5 Å². The highest BCUT2D eigenvalue weighted by atomic mass is 19.1. The van der Waals surface area contributed by atoms with E-state index in [0.717, 1.165) is 12.1 Å². The zero-order chi connectivity index (χ0) is 7.56. The minimum atomic E-state index is -0.858. The van der Waals surface area contributed by atoms with E-state index in [-0.39, 0.29) is 6.29 Å². The molecule has 0 unspecified atom stereocenters. The van der Waals surface area contributed by atoms with Gasteiger partial charge in [0, 0.05) is 0 Å². The van der Waals surface area contributed by atoms with Crippen LogP contribution in [0.1, 0.15) is 10.5 Å². The number of nitrogens with zero attached hydrogens (tertiary/aromatic N) is 1. The highest BCUT2D eigenvalue weighted by Crippen LogP contribution is 2.01. The van der Waals surface area contributed by atoms with Gasteiger partial charge in [0.1, 0.15) is 5.69 Å². The van der Waals surface area contributed by atoms with Crippen LogP contribution >= 0.6 is 0 Å². The Hall–Kier alpha value is -1.32. The van der Waals surface area contributed by atoms with Crippen molar-refractivity contribution in [1.29, 1.82) is 0 Å². The summed E-state index contributed by atoms with van der Waals surface area (Å²) in [7, 11) is 0. The molecule has 0 bridgehead atoms. The molecule has 0 amide bonds. The van der Waals surface area contributed by atoms with Crippen LogP contribution in [0.25, 0.3) is 0 Å². The maximum atomic E-state index is 12.3. The summed E-state index contributed by atoms with van der Waals surface area (Å²) in [6.07, 6.45) is 0.165. The summed E-state index contributed by atoms with van der Waals surface area (Å²) in [5.41, 5.74) is -0.500. The first-order chi connectivity index (χ1) is 4.74. The van der Waals surface area contributed by atoms with Crippen LogP contribution in [0.3, 0.4) is 0 Å². The molecule has 0 N–H and O–H groups in total. The first-order valence-corrected chi connectivity index (χ1v) is 2.51. The summed E-state index contributed by atoms with van der Waals surface area (Å²) in [5.74, 6) is -1.67. The number of carbonyl (C=O) groups excluding carboxylic acids is 1. The summed E-state index contributed by atoms with van der Waals surface area (Å²) < 4.78 is 24.4. The predicted molar refractivity (Wildman–Crippen MR) is 29.5 cm³/mol. The molecule has 0 aliphatic heterocycles. The Morgan fingerprint density at radius 2 is 2.10 bits per heavy atom. The van der Waals surface area contributed by atoms with Crippen LogP contribution in [0, 0.1) is 11.8 Å². The van der Waals surface area contributed by atoms with Crippen molar-refractivity contribution in [3.63, 3.8) is 0 Å². The van der Waals surface area contributed by atoms with Gasteiger partial charge in [0.05, 0.1) is 0 Å². The third kappa shape index (κ3) is 1.15. The van der Waals surface area contributed by atoms with Gasteiger partial charge < -0.3 is 0 Å². The summed E-state index contributed by atoms with van der Waals surface area (Å²) >= 11 is 0. The summed E-state index contributed by atoms with van der Waals surface area (Å²) in [6, 6.07) is 1.70. The monoisotopic (exact) mass is 143 g/mol. The van der Waals surface area contributed by atoms with Gasteiger partial charge in [-0.3, -0.25) is 4.79 Å². The molecule has 1 aromatic heterocycles. The van der Waals surface area contributed by atoms with Crippen LogP contribution in [0.5, 0.6) is 0 Å². The molecule has 2 nitrogen and oxygen atoms in total. The molecule has 0 radical (unpaired) electrons. The van der Waals surface area contributed by atoms with E-state index in [4.69, 9.17) is 0 Å². The van der Waals surface area contributed by atoms with Gasteiger partial charge in [0.2, 0.25) is 5.95 Å². The van der Waals surface area contributed by atoms with Gasteiger partial charge in [-0.25, -0.2) is 9.37 Å². The van der Waals surface area contributed by atoms with Crippen molar-refractivity contribution >= 4 is 6.29 Å². The molecule has 0 aliphatic carbocycles. The number of aromatic nitrogens is 1. The van der Waals surface area contributed by atoms with Gasteiger partial charge in [-0.15, -0.1) is 0 Å². The molecule has 4 heteroatoms. The first kappa shape index (κ1) is 6.80. The normalized spacial score (nSPS) is 9.40. The number of halogens is 2. The molecule has 10 heavy (non-hydrogen) atoms. The maximum Gasteiger partial charge on any atom is 0.213 e. The van der Waals surface area contributed by atoms with Crippen molar-refractivity contribution in [1.82, 2.24) is 4.98 Å². The van der Waals surface area contributed by atoms with Gasteiger partial charge in [-0.2, -0.15) is 4.39 Å². The van der Waals surface area contributed by atoms with Crippen LogP contribution < -0.4 is 0 Å². The van der Waals surface area contributed by atoms with Crippen LogP contribution in [0.2, 0.25) is 0 Å². The molecule has 0 fully saturated rings. The molecule has 1 heterocycles. The molecular formula is C6H3F2NO. The second-order valence-electron chi connectivity index (χ2n) is 1.62. The van der Waals surface area contributed by atoms with E-state index in [0.29, 0.717) is 0 Å². The Labute approximate surface area is 55.5 Å². The lowest BCUT2D eigenvalue weighted by Crippen LogP contribution is -1.94. The van der Waals surface area contributed by atoms with E-state index in [1.165, 1.54) is 0 Å². The quantitative estimate of drug-likeness (QED) is 0.436. The van der Waals surface area contributed by atoms with Crippen LogP contribution in [-0.4, -0.2) is 11.3 Å². The average Bonchev–Trinajstić information content (AvgIpc) is 1.94. The second kappa shape index (κ2) is 2.51. The molecule has 0 aliphatic rings. The molecule has 0 saturated heterocycles. The number of rotatable bonds is 1. The van der Waals surface area contributed by atoms with E-state index in [1.54, 1.807) is 0 Å². The molecule has 1 aromatic rings. The van der Waals surface area contributed by atoms with E-state index in [1.807, 2.05) is 0 Å². The molecule has 0 spiro atoms. The largest absolute Gasteiger partial charge is 0.296 e. The average molecular weight is 143 g/mol. The smallest absolute Gasteiger partial charge is 0.213 e. The van der Waals surface area contributed by atoms with Gasteiger partial charge in [0.25, 0.3) is 0 Å². The topological polar surface area (TPSA) is 30.0 Å². The van der Waals surface area contributed by atoms with E-state index >= 15 is 0 Å². The Bertz CT molecular complexity index is 262. The molecular weight excluding hydrogens is 140 g/mol. The number of pyridine rings is 1. The Morgan fingerprint density at radius 3 is 2.60 bits per heavy atom. The summed E-state index contributed by atoms with van der Waals surface area (Å²) in [6.45, 7) is 0. The lowest BCUT2D eigenvalue weighted by molar-refractivity contribution is 0.111. The first-order valence-electron chi connectivity index (χ1n) is 2.51. The fraction of sp³-hybridized carbons (Fsp3) is 0. The minimum absolute atomic E-state index is 0.165. The minimum Gasteiger partial charge on any atom is -0.296 e. The van der Waals surface area contributed by atoms with Crippen LogP contribution in [0.4, 0.5) is 8.78 Å². The van der Waals surface area contributed by atoms with Gasteiger partial charge in [-0.1, -0.05) is 0 Å². The summed E-state index contributed by atoms with van der Waals surface area (Å²) in [5, 5.41) is 0. The number of carbonyl (C=O) groups is 1. The van der Waals surface area contributed by atoms with Crippen molar-refractivity contribution in [3.8, 4) is 0 Å². The fourth-order valence-electron chi connectivity index (χ4n) is 0.516. The zero-order valence-corrected chi connectivity index (χ0v) is 4.84. The molecule has 0 aromatic carbocycles. The molecule has 0 atom stereocenters. The van der Waals surface area contributed by atoms with Crippen LogP contribution in [-0.2, 0) is 0 Å². The zero-order valence-electron chi connectivity index (χ0n) is 4.84. The number of hydrogen-bond donors (Lipinski definition) is 0. The Morgan fingerprint density at radius 1 is 1.40 bits per heavy atom. The highest BCUT2D eigenvalue weighted by Gasteiger charge is 2.02. The predicted octanol–water partition coefficient (Wildman–Crippen LogP) is 1.17. The van der Waals surface area contributed by atoms with Crippen molar-refractivity contribution in [2.75, 3.05) is 0 Å². The maximum absolute atomic E-state index is 12.3. The van der Waals surface area contributed by atoms with Crippen molar-refractivity contribution in [2.45, 2.75) is 0 Å². The van der Waals surface area contributed by atoms with Gasteiger partial charge in [0.15, 0.2) is 12.1 Å². The lowest BCUT2D eigenvalue weighted by atomic mass is 10.3. The fourth-order valence-corrected chi connectivity index (χ4v) is 0.516. The van der Waals surface area contributed by atoms with Gasteiger partial charge in [-0.05, 0) is 12.1 Å². The number of hydrogen-bond acceptors (Lipinski definition) is 2. The van der Waals surface area contributed by atoms with Crippen LogP contribution in [0.15, 0.2) is 12.1 Å². The van der Waals surface area contributed by atoms with Crippen molar-refractivity contribution in [3.05, 3.63) is 29.6 Å². The standard InChI is InChI=1S/C6H3F2NO/c7-4-1-2-6(8)9-5(4)3-10/h1-3H. The molecule has 52 valence electrons. The third-order valence-corrected chi connectivity index (χ3v) is 0.951. The highest BCUT2D eigenvalue weighted by molar-refractivity contribution is 5.71. The SMILES string of the molecule is O=Cc1nc(F)ccc1F. The molecule has 1 rings (SSSR count). The third-order valence-electron chi connectivity index (χ3n) is 0.951. The number of aldehydes is 1. The van der Waals surface area contributed by atoms with E-state index in [9.17, 15) is 13.6 Å². The molecule has 0 saturated carbocycles. The van der Waals surface area contributed by atoms with Crippen molar-refractivity contribution < 1.29 is 13.6 Å². The second-order valence-corrected chi connectivity index (χ2v) is 1.62.